The van der Waals surface area contributed by atoms with Crippen molar-refractivity contribution in [3.05, 3.63) is 22.8 Å². The van der Waals surface area contributed by atoms with Gasteiger partial charge in [0.1, 0.15) is 11.0 Å². The molecule has 4 N–H and O–H groups in total. The Kier molecular flexibility index (Phi) is 5.96. The summed E-state index contributed by atoms with van der Waals surface area (Å²) in [5.74, 6) is -0.259. The first-order valence-corrected chi connectivity index (χ1v) is 7.13. The SMILES string of the molecule is CCCNc1cc(C(=O)NC(C)(C)CC(N)=O)cc(Cl)n1. The van der Waals surface area contributed by atoms with Crippen molar-refractivity contribution in [3.63, 3.8) is 0 Å². The van der Waals surface area contributed by atoms with Gasteiger partial charge in [0.25, 0.3) is 5.91 Å². The van der Waals surface area contributed by atoms with Gasteiger partial charge in [-0.25, -0.2) is 4.98 Å². The summed E-state index contributed by atoms with van der Waals surface area (Å²) in [6, 6.07) is 3.10. The lowest BCUT2D eigenvalue weighted by Gasteiger charge is -2.24. The molecule has 0 fully saturated rings. The molecule has 0 bridgehead atoms. The number of nitrogens with one attached hydrogen (secondary N) is 2. The summed E-state index contributed by atoms with van der Waals surface area (Å²) in [5.41, 5.74) is 4.82. The van der Waals surface area contributed by atoms with Crippen LogP contribution in [0.1, 0.15) is 44.0 Å². The molecule has 0 unspecified atom stereocenters. The number of pyridine rings is 1. The number of aromatic nitrogens is 1. The lowest BCUT2D eigenvalue weighted by Crippen LogP contribution is -2.46. The minimum absolute atomic E-state index is 0.0541. The largest absolute Gasteiger partial charge is 0.370 e. The maximum Gasteiger partial charge on any atom is 0.251 e. The zero-order chi connectivity index (χ0) is 16.0. The Hall–Kier alpha value is -1.82. The van der Waals surface area contributed by atoms with E-state index < -0.39 is 11.4 Å². The maximum absolute atomic E-state index is 12.2. The van der Waals surface area contributed by atoms with E-state index in [1.807, 2.05) is 6.92 Å². The van der Waals surface area contributed by atoms with Gasteiger partial charge in [-0.1, -0.05) is 18.5 Å². The zero-order valence-corrected chi connectivity index (χ0v) is 13.3. The van der Waals surface area contributed by atoms with E-state index in [-0.39, 0.29) is 17.5 Å². The normalized spacial score (nSPS) is 11.0. The topological polar surface area (TPSA) is 97.1 Å². The van der Waals surface area contributed by atoms with E-state index >= 15 is 0 Å². The number of nitrogens with zero attached hydrogens (tertiary/aromatic N) is 1. The van der Waals surface area contributed by atoms with E-state index in [1.165, 1.54) is 6.07 Å². The smallest absolute Gasteiger partial charge is 0.251 e. The molecule has 1 aromatic heterocycles. The molecule has 2 amide bonds. The Morgan fingerprint density at radius 1 is 1.38 bits per heavy atom. The molecule has 0 aromatic carbocycles. The average Bonchev–Trinajstić information content (AvgIpc) is 2.33. The molecule has 0 radical (unpaired) electrons. The van der Waals surface area contributed by atoms with Crippen molar-refractivity contribution < 1.29 is 9.59 Å². The third kappa shape index (κ3) is 5.99. The number of hydrogen-bond donors (Lipinski definition) is 3. The third-order valence-corrected chi connectivity index (χ3v) is 2.87. The number of amides is 2. The summed E-state index contributed by atoms with van der Waals surface area (Å²) < 4.78 is 0. The van der Waals surface area contributed by atoms with E-state index in [0.29, 0.717) is 11.4 Å². The summed E-state index contributed by atoms with van der Waals surface area (Å²) >= 11 is 5.92. The van der Waals surface area contributed by atoms with E-state index in [4.69, 9.17) is 17.3 Å². The van der Waals surface area contributed by atoms with Crippen molar-refractivity contribution in [1.29, 1.82) is 0 Å². The second kappa shape index (κ2) is 7.26. The van der Waals surface area contributed by atoms with Crippen molar-refractivity contribution in [2.24, 2.45) is 5.73 Å². The number of nitrogens with two attached hydrogens (primary N) is 1. The highest BCUT2D eigenvalue weighted by Gasteiger charge is 2.24. The molecule has 0 saturated carbocycles. The molecule has 0 saturated heterocycles. The van der Waals surface area contributed by atoms with Gasteiger partial charge in [-0.3, -0.25) is 9.59 Å². The second-order valence-electron chi connectivity index (χ2n) is 5.47. The number of rotatable bonds is 7. The Morgan fingerprint density at radius 3 is 2.62 bits per heavy atom. The molecular weight excluding hydrogens is 292 g/mol. The van der Waals surface area contributed by atoms with E-state index in [0.717, 1.165) is 13.0 Å². The van der Waals surface area contributed by atoms with Crippen molar-refractivity contribution in [3.8, 4) is 0 Å². The van der Waals surface area contributed by atoms with Gasteiger partial charge in [-0.2, -0.15) is 0 Å². The average molecular weight is 313 g/mol. The highest BCUT2D eigenvalue weighted by molar-refractivity contribution is 6.29. The number of anilines is 1. The lowest BCUT2D eigenvalue weighted by atomic mass is 9.99. The van der Waals surface area contributed by atoms with Gasteiger partial charge in [0.05, 0.1) is 0 Å². The Balaban J connectivity index is 2.86. The molecule has 116 valence electrons. The van der Waals surface area contributed by atoms with Crippen LogP contribution in [0.2, 0.25) is 5.15 Å². The van der Waals surface area contributed by atoms with Gasteiger partial charge in [-0.05, 0) is 32.4 Å². The van der Waals surface area contributed by atoms with Crippen LogP contribution in [0.5, 0.6) is 0 Å². The summed E-state index contributed by atoms with van der Waals surface area (Å²) in [5, 5.41) is 6.07. The number of carbonyl (C=O) groups is 2. The van der Waals surface area contributed by atoms with E-state index in [9.17, 15) is 9.59 Å². The maximum atomic E-state index is 12.2. The number of carbonyl (C=O) groups excluding carboxylic acids is 2. The van der Waals surface area contributed by atoms with Gasteiger partial charge >= 0.3 is 0 Å². The molecule has 0 aliphatic heterocycles. The Bertz CT molecular complexity index is 532. The highest BCUT2D eigenvalue weighted by atomic mass is 35.5. The quantitative estimate of drug-likeness (QED) is 0.670. The molecule has 6 nitrogen and oxygen atoms in total. The molecule has 1 aromatic rings. The first-order chi connectivity index (χ1) is 9.73. The predicted molar refractivity (Wildman–Crippen MR) is 83.4 cm³/mol. The fraction of sp³-hybridized carbons (Fsp3) is 0.500. The predicted octanol–water partition coefficient (Wildman–Crippen LogP) is 1.94. The van der Waals surface area contributed by atoms with Gasteiger partial charge < -0.3 is 16.4 Å². The summed E-state index contributed by atoms with van der Waals surface area (Å²) in [6.45, 7) is 6.22. The van der Waals surface area contributed by atoms with E-state index in [2.05, 4.69) is 15.6 Å². The number of primary amides is 1. The Morgan fingerprint density at radius 2 is 2.05 bits per heavy atom. The van der Waals surface area contributed by atoms with Crippen LogP contribution in [0.25, 0.3) is 0 Å². The summed E-state index contributed by atoms with van der Waals surface area (Å²) in [7, 11) is 0. The van der Waals surface area contributed by atoms with Gasteiger partial charge in [0.2, 0.25) is 5.91 Å². The first-order valence-electron chi connectivity index (χ1n) is 6.76. The molecule has 21 heavy (non-hydrogen) atoms. The van der Waals surface area contributed by atoms with Crippen LogP contribution < -0.4 is 16.4 Å². The lowest BCUT2D eigenvalue weighted by molar-refractivity contribution is -0.119. The second-order valence-corrected chi connectivity index (χ2v) is 5.86. The van der Waals surface area contributed by atoms with E-state index in [1.54, 1.807) is 19.9 Å². The summed E-state index contributed by atoms with van der Waals surface area (Å²) in [4.78, 5) is 27.3. The molecule has 0 aliphatic rings. The first kappa shape index (κ1) is 17.2. The van der Waals surface area contributed by atoms with Gasteiger partial charge in [0, 0.05) is 24.1 Å². The molecule has 0 spiro atoms. The molecular formula is C14H21ClN4O2. The minimum Gasteiger partial charge on any atom is -0.370 e. The van der Waals surface area contributed by atoms with Gasteiger partial charge in [-0.15, -0.1) is 0 Å². The number of hydrogen-bond acceptors (Lipinski definition) is 4. The van der Waals surface area contributed by atoms with Crippen molar-refractivity contribution in [2.75, 3.05) is 11.9 Å². The van der Waals surface area contributed by atoms with Crippen LogP contribution in [0, 0.1) is 0 Å². The molecule has 7 heteroatoms. The number of halogens is 1. The molecule has 1 rings (SSSR count). The standard InChI is InChI=1S/C14H21ClN4O2/c1-4-5-17-12-7-9(6-10(15)18-12)13(21)19-14(2,3)8-11(16)20/h6-7H,4-5,8H2,1-3H3,(H2,16,20)(H,17,18)(H,19,21). The van der Waals surface area contributed by atoms with Crippen LogP contribution in [0.15, 0.2) is 12.1 Å². The van der Waals surface area contributed by atoms with Crippen LogP contribution in [-0.4, -0.2) is 28.9 Å². The van der Waals surface area contributed by atoms with Crippen LogP contribution in [0.3, 0.4) is 0 Å². The molecule has 1 heterocycles. The Labute approximate surface area is 129 Å². The van der Waals surface area contributed by atoms with Crippen molar-refractivity contribution >= 4 is 29.2 Å². The van der Waals surface area contributed by atoms with Crippen LogP contribution in [0.4, 0.5) is 5.82 Å². The minimum atomic E-state index is -0.727. The molecule has 0 atom stereocenters. The van der Waals surface area contributed by atoms with Crippen LogP contribution >= 0.6 is 11.6 Å². The fourth-order valence-corrected chi connectivity index (χ4v) is 2.04. The van der Waals surface area contributed by atoms with Crippen molar-refractivity contribution in [1.82, 2.24) is 10.3 Å². The van der Waals surface area contributed by atoms with Crippen LogP contribution in [-0.2, 0) is 4.79 Å². The fourth-order valence-electron chi connectivity index (χ4n) is 1.83. The zero-order valence-electron chi connectivity index (χ0n) is 12.5. The highest BCUT2D eigenvalue weighted by Crippen LogP contribution is 2.16. The van der Waals surface area contributed by atoms with Crippen molar-refractivity contribution in [2.45, 2.75) is 39.2 Å². The third-order valence-electron chi connectivity index (χ3n) is 2.68. The summed E-state index contributed by atoms with van der Waals surface area (Å²) in [6.07, 6.45) is 0.986. The molecule has 0 aliphatic carbocycles. The monoisotopic (exact) mass is 312 g/mol. The van der Waals surface area contributed by atoms with Gasteiger partial charge in [0.15, 0.2) is 0 Å².